The van der Waals surface area contributed by atoms with E-state index in [1.54, 1.807) is 42.6 Å². The van der Waals surface area contributed by atoms with Crippen LogP contribution in [0.5, 0.6) is 5.75 Å². The summed E-state index contributed by atoms with van der Waals surface area (Å²) >= 11 is 0. The number of aliphatic hydroxyl groups is 1. The molecule has 1 fully saturated rings. The second-order valence-corrected chi connectivity index (χ2v) is 7.59. The van der Waals surface area contributed by atoms with Gasteiger partial charge in [-0.15, -0.1) is 0 Å². The highest BCUT2D eigenvalue weighted by atomic mass is 16.5. The molecule has 1 aliphatic heterocycles. The molecule has 2 aromatic rings. The minimum atomic E-state index is -0.733. The van der Waals surface area contributed by atoms with Crippen molar-refractivity contribution in [1.29, 1.82) is 0 Å². The lowest BCUT2D eigenvalue weighted by atomic mass is 9.98. The van der Waals surface area contributed by atoms with Crippen LogP contribution in [0, 0.1) is 0 Å². The largest absolute Gasteiger partial charge is 0.507 e. The number of hydrogen-bond donors (Lipinski definition) is 1. The molecular weight excluding hydrogens is 406 g/mol. The van der Waals surface area contributed by atoms with Crippen LogP contribution in [0.4, 0.5) is 0 Å². The van der Waals surface area contributed by atoms with E-state index in [0.29, 0.717) is 30.2 Å². The molecule has 0 spiro atoms. The van der Waals surface area contributed by atoms with Gasteiger partial charge in [0.05, 0.1) is 17.9 Å². The average molecular weight is 438 g/mol. The van der Waals surface area contributed by atoms with Crippen LogP contribution >= 0.6 is 0 Å². The summed E-state index contributed by atoms with van der Waals surface area (Å²) in [6.45, 7) is 9.62. The van der Waals surface area contributed by atoms with Crippen molar-refractivity contribution < 1.29 is 19.4 Å². The number of pyridine rings is 1. The van der Waals surface area contributed by atoms with Crippen LogP contribution in [0.3, 0.4) is 0 Å². The van der Waals surface area contributed by atoms with Gasteiger partial charge in [0.1, 0.15) is 17.6 Å². The fraction of sp³-hybridized carbons (Fsp3) is 0.400. The number of likely N-dealkylation sites (tertiary alicyclic amines) is 1. The summed E-state index contributed by atoms with van der Waals surface area (Å²) < 4.78 is 5.52. The van der Waals surface area contributed by atoms with Crippen LogP contribution in [0.1, 0.15) is 44.5 Å². The van der Waals surface area contributed by atoms with Crippen molar-refractivity contribution in [1.82, 2.24) is 14.8 Å². The van der Waals surface area contributed by atoms with E-state index in [1.165, 1.54) is 4.90 Å². The van der Waals surface area contributed by atoms with E-state index in [2.05, 4.69) is 23.7 Å². The van der Waals surface area contributed by atoms with Crippen molar-refractivity contribution >= 4 is 17.4 Å². The number of ketones is 1. The van der Waals surface area contributed by atoms with Crippen molar-refractivity contribution in [3.05, 3.63) is 65.5 Å². The molecule has 1 unspecified atom stereocenters. The lowest BCUT2D eigenvalue weighted by Crippen LogP contribution is -2.33. The number of nitrogens with zero attached hydrogens (tertiary/aromatic N) is 3. The Bertz CT molecular complexity index is 970. The highest BCUT2D eigenvalue weighted by molar-refractivity contribution is 6.46. The number of carbonyl (C=O) groups is 2. The van der Waals surface area contributed by atoms with E-state index in [-0.39, 0.29) is 11.3 Å². The van der Waals surface area contributed by atoms with Gasteiger partial charge in [0.15, 0.2) is 0 Å². The van der Waals surface area contributed by atoms with E-state index in [4.69, 9.17) is 4.74 Å². The number of amides is 1. The minimum Gasteiger partial charge on any atom is -0.507 e. The van der Waals surface area contributed by atoms with Gasteiger partial charge in [-0.2, -0.15) is 0 Å². The van der Waals surface area contributed by atoms with Gasteiger partial charge in [0.25, 0.3) is 11.7 Å². The van der Waals surface area contributed by atoms with Crippen molar-refractivity contribution in [2.45, 2.75) is 33.2 Å². The van der Waals surface area contributed by atoms with Crippen molar-refractivity contribution in [2.75, 3.05) is 32.8 Å². The molecule has 1 amide bonds. The molecule has 0 saturated carbocycles. The molecule has 7 nitrogen and oxygen atoms in total. The monoisotopic (exact) mass is 437 g/mol. The van der Waals surface area contributed by atoms with E-state index < -0.39 is 17.7 Å². The van der Waals surface area contributed by atoms with Gasteiger partial charge in [-0.25, -0.2) is 0 Å². The maximum Gasteiger partial charge on any atom is 0.295 e. The van der Waals surface area contributed by atoms with Gasteiger partial charge >= 0.3 is 0 Å². The summed E-state index contributed by atoms with van der Waals surface area (Å²) in [7, 11) is 0. The molecule has 0 radical (unpaired) electrons. The van der Waals surface area contributed by atoms with Crippen molar-refractivity contribution in [3.8, 4) is 5.75 Å². The second-order valence-electron chi connectivity index (χ2n) is 7.59. The Kier molecular flexibility index (Phi) is 8.00. The quantitative estimate of drug-likeness (QED) is 0.347. The van der Waals surface area contributed by atoms with Crippen LogP contribution < -0.4 is 4.74 Å². The normalized spacial score (nSPS) is 17.9. The number of Topliss-reactive ketones (excluding diaryl/α,β-unsaturated/α-hetero) is 1. The fourth-order valence-corrected chi connectivity index (χ4v) is 4.02. The van der Waals surface area contributed by atoms with Crippen LogP contribution in [-0.4, -0.2) is 64.4 Å². The van der Waals surface area contributed by atoms with Gasteiger partial charge in [0, 0.05) is 18.3 Å². The zero-order valence-corrected chi connectivity index (χ0v) is 19.0. The third kappa shape index (κ3) is 4.99. The molecule has 1 saturated heterocycles. The number of rotatable bonds is 10. The minimum absolute atomic E-state index is 0.0604. The number of aromatic nitrogens is 1. The Hall–Kier alpha value is -3.19. The predicted octanol–water partition coefficient (Wildman–Crippen LogP) is 3.63. The Morgan fingerprint density at radius 1 is 1.12 bits per heavy atom. The number of carbonyl (C=O) groups excluding carboxylic acids is 2. The lowest BCUT2D eigenvalue weighted by Gasteiger charge is -2.26. The summed E-state index contributed by atoms with van der Waals surface area (Å²) in [5.74, 6) is -0.934. The number of aliphatic hydroxyl groups excluding tert-OH is 1. The van der Waals surface area contributed by atoms with Gasteiger partial charge in [-0.3, -0.25) is 14.6 Å². The molecular formula is C25H31N3O4. The zero-order valence-electron chi connectivity index (χ0n) is 19.0. The first kappa shape index (κ1) is 23.5. The Labute approximate surface area is 189 Å². The summed E-state index contributed by atoms with van der Waals surface area (Å²) in [6, 6.07) is 11.5. The third-order valence-corrected chi connectivity index (χ3v) is 5.69. The highest BCUT2D eigenvalue weighted by Crippen LogP contribution is 2.39. The highest BCUT2D eigenvalue weighted by Gasteiger charge is 2.46. The topological polar surface area (TPSA) is 83.0 Å². The van der Waals surface area contributed by atoms with Gasteiger partial charge in [-0.05, 0) is 57.2 Å². The summed E-state index contributed by atoms with van der Waals surface area (Å²) in [5.41, 5.74) is 1.04. The van der Waals surface area contributed by atoms with Gasteiger partial charge in [-0.1, -0.05) is 32.0 Å². The van der Waals surface area contributed by atoms with E-state index in [1.807, 2.05) is 13.0 Å². The SMILES string of the molecule is CCOc1cccc(/C(O)=C2\C(=O)C(=O)N(CCCN(CC)CC)C2c2ccccn2)c1. The number of benzene rings is 1. The molecule has 32 heavy (non-hydrogen) atoms. The van der Waals surface area contributed by atoms with Crippen LogP contribution in [0.25, 0.3) is 5.76 Å². The fourth-order valence-electron chi connectivity index (χ4n) is 4.02. The first-order valence-corrected chi connectivity index (χ1v) is 11.2. The summed E-state index contributed by atoms with van der Waals surface area (Å²) in [5, 5.41) is 11.1. The molecule has 1 aromatic heterocycles. The molecule has 2 heterocycles. The third-order valence-electron chi connectivity index (χ3n) is 5.69. The molecule has 1 aliphatic rings. The molecule has 7 heteroatoms. The zero-order chi connectivity index (χ0) is 23.1. The standard InChI is InChI=1S/C25H31N3O4/c1-4-27(5-2)15-10-16-28-22(20-13-7-8-14-26-20)21(24(30)25(28)31)23(29)18-11-9-12-19(17-18)32-6-3/h7-9,11-14,17,22,29H,4-6,10,15-16H2,1-3H3/b23-21+. The van der Waals surface area contributed by atoms with E-state index in [9.17, 15) is 14.7 Å². The molecule has 3 rings (SSSR count). The summed E-state index contributed by atoms with van der Waals surface area (Å²) in [4.78, 5) is 34.2. The summed E-state index contributed by atoms with van der Waals surface area (Å²) in [6.07, 6.45) is 2.35. The molecule has 1 N–H and O–H groups in total. The van der Waals surface area contributed by atoms with Crippen LogP contribution in [-0.2, 0) is 9.59 Å². The first-order chi connectivity index (χ1) is 15.5. The number of ether oxygens (including phenoxy) is 1. The van der Waals surface area contributed by atoms with Gasteiger partial charge in [0.2, 0.25) is 0 Å². The Balaban J connectivity index is 2.00. The maximum atomic E-state index is 13.1. The molecule has 0 aliphatic carbocycles. The predicted molar refractivity (Wildman–Crippen MR) is 123 cm³/mol. The molecule has 170 valence electrons. The van der Waals surface area contributed by atoms with E-state index in [0.717, 1.165) is 26.1 Å². The molecule has 0 bridgehead atoms. The van der Waals surface area contributed by atoms with Gasteiger partial charge < -0.3 is 19.6 Å². The first-order valence-electron chi connectivity index (χ1n) is 11.2. The maximum absolute atomic E-state index is 13.1. The Morgan fingerprint density at radius 2 is 1.91 bits per heavy atom. The second kappa shape index (κ2) is 10.9. The molecule has 1 aromatic carbocycles. The van der Waals surface area contributed by atoms with E-state index >= 15 is 0 Å². The number of hydrogen-bond acceptors (Lipinski definition) is 6. The Morgan fingerprint density at radius 3 is 2.56 bits per heavy atom. The molecule has 1 atom stereocenters. The van der Waals surface area contributed by atoms with Crippen LogP contribution in [0.2, 0.25) is 0 Å². The average Bonchev–Trinajstić information content (AvgIpc) is 3.07. The van der Waals surface area contributed by atoms with Crippen molar-refractivity contribution in [3.63, 3.8) is 0 Å². The van der Waals surface area contributed by atoms with Crippen molar-refractivity contribution in [2.24, 2.45) is 0 Å². The smallest absolute Gasteiger partial charge is 0.295 e. The van der Waals surface area contributed by atoms with Crippen LogP contribution in [0.15, 0.2) is 54.2 Å². The lowest BCUT2D eigenvalue weighted by molar-refractivity contribution is -0.140.